The van der Waals surface area contributed by atoms with Crippen LogP contribution in [0, 0.1) is 5.92 Å². The van der Waals surface area contributed by atoms with Crippen LogP contribution < -0.4 is 16.1 Å². The third-order valence-electron chi connectivity index (χ3n) is 7.41. The second kappa shape index (κ2) is 16.9. The number of rotatable bonds is 11. The fourth-order valence-corrected chi connectivity index (χ4v) is 5.02. The predicted molar refractivity (Wildman–Crippen MR) is 187 cm³/mol. The molecule has 50 heavy (non-hydrogen) atoms. The Kier molecular flexibility index (Phi) is 13.5. The molecule has 1 aliphatic heterocycles. The van der Waals surface area contributed by atoms with Crippen molar-refractivity contribution in [2.45, 2.75) is 124 Å². The molecule has 0 aliphatic carbocycles. The van der Waals surface area contributed by atoms with E-state index in [1.807, 2.05) is 26.8 Å². The number of nitrogens with zero attached hydrogens (tertiary/aromatic N) is 3. The maximum absolute atomic E-state index is 13.3. The first-order valence-corrected chi connectivity index (χ1v) is 17.0. The molecule has 3 amide bonds. The van der Waals surface area contributed by atoms with Gasteiger partial charge in [0.15, 0.2) is 0 Å². The number of fused-ring (bicyclic) bond motifs is 1. The minimum absolute atomic E-state index is 0.106. The first-order chi connectivity index (χ1) is 23.2. The monoisotopic (exact) mass is 696 g/mol. The zero-order valence-electron chi connectivity index (χ0n) is 30.8. The van der Waals surface area contributed by atoms with E-state index in [0.717, 1.165) is 5.39 Å². The summed E-state index contributed by atoms with van der Waals surface area (Å²) in [5.41, 5.74) is 3.43. The van der Waals surface area contributed by atoms with Crippen LogP contribution in [0.25, 0.3) is 17.0 Å². The van der Waals surface area contributed by atoms with Gasteiger partial charge < -0.3 is 24.8 Å². The van der Waals surface area contributed by atoms with Gasteiger partial charge >= 0.3 is 18.0 Å². The summed E-state index contributed by atoms with van der Waals surface area (Å²) in [5.74, 6) is -2.13. The van der Waals surface area contributed by atoms with E-state index in [-0.39, 0.29) is 18.3 Å². The number of ether oxygens (including phenoxy) is 3. The van der Waals surface area contributed by atoms with Crippen LogP contribution in [0.1, 0.15) is 106 Å². The van der Waals surface area contributed by atoms with Crippen LogP contribution in [-0.4, -0.2) is 80.7 Å². The molecule has 0 spiro atoms. The lowest BCUT2D eigenvalue weighted by Crippen LogP contribution is -2.61. The zero-order chi connectivity index (χ0) is 37.4. The number of hydrazine groups is 1. The van der Waals surface area contributed by atoms with E-state index in [1.165, 1.54) is 5.01 Å². The van der Waals surface area contributed by atoms with Crippen molar-refractivity contribution in [3.05, 3.63) is 41.9 Å². The van der Waals surface area contributed by atoms with Crippen LogP contribution in [0.2, 0.25) is 0 Å². The van der Waals surface area contributed by atoms with Crippen LogP contribution in [0.3, 0.4) is 0 Å². The molecule has 1 fully saturated rings. The van der Waals surface area contributed by atoms with Crippen LogP contribution >= 0.6 is 0 Å². The molecule has 0 saturated carbocycles. The van der Waals surface area contributed by atoms with E-state index in [9.17, 15) is 24.0 Å². The third-order valence-corrected chi connectivity index (χ3v) is 7.41. The molecule has 1 aliphatic rings. The molecule has 4 atom stereocenters. The van der Waals surface area contributed by atoms with Crippen molar-refractivity contribution in [2.75, 3.05) is 6.54 Å². The number of carbonyl (C=O) groups excluding carboxylic acids is 5. The molecule has 274 valence electrons. The average Bonchev–Trinajstić information content (AvgIpc) is 3.01. The maximum Gasteiger partial charge on any atom is 0.408 e. The molecule has 2 aromatic rings. The quantitative estimate of drug-likeness (QED) is 0.222. The van der Waals surface area contributed by atoms with Crippen molar-refractivity contribution < 1.29 is 38.2 Å². The topological polar surface area (TPSA) is 178 Å². The smallest absolute Gasteiger partial charge is 0.408 e. The Balaban J connectivity index is 1.59. The summed E-state index contributed by atoms with van der Waals surface area (Å²) in [6, 6.07) is 2.72. The van der Waals surface area contributed by atoms with Gasteiger partial charge in [-0.05, 0) is 98.4 Å². The molecule has 1 saturated heterocycles. The Morgan fingerprint density at radius 1 is 1.00 bits per heavy atom. The lowest BCUT2D eigenvalue weighted by atomic mass is 10.0. The first kappa shape index (κ1) is 39.8. The van der Waals surface area contributed by atoms with Gasteiger partial charge in [0.05, 0.1) is 23.3 Å². The highest BCUT2D eigenvalue weighted by atomic mass is 16.6. The molecule has 3 rings (SSSR count). The molecule has 2 aromatic heterocycles. The largest absolute Gasteiger partial charge is 0.460 e. The Bertz CT molecular complexity index is 1580. The Hall–Kier alpha value is -4.59. The molecule has 0 bridgehead atoms. The standard InChI is InChI=1S/C36H52N6O8/c1-21(2)30(40-34(47)50-36(8,9)10)31(44)38-22(3)32(45)42-18-12-14-27(41-42)33(46)48-23(4)26-17-16-24-20-37-25(19-28(24)39-26)13-11-15-29(43)49-35(5,6)7/h11,13,16-17,19-23,27,30,41H,12,14-15,18H2,1-10H3,(H,38,44)(H,40,47)/b13-11+/t22-,23+,27-,30-/m0/s1. The van der Waals surface area contributed by atoms with E-state index in [4.69, 9.17) is 14.2 Å². The number of aromatic nitrogens is 2. The highest BCUT2D eigenvalue weighted by Gasteiger charge is 2.34. The number of pyridine rings is 2. The van der Waals surface area contributed by atoms with Crippen molar-refractivity contribution in [2.24, 2.45) is 5.92 Å². The van der Waals surface area contributed by atoms with Gasteiger partial charge in [0.25, 0.3) is 5.91 Å². The normalized spacial score (nSPS) is 17.2. The van der Waals surface area contributed by atoms with Crippen molar-refractivity contribution in [3.63, 3.8) is 0 Å². The van der Waals surface area contributed by atoms with Crippen molar-refractivity contribution in [1.82, 2.24) is 31.0 Å². The maximum atomic E-state index is 13.3. The minimum Gasteiger partial charge on any atom is -0.460 e. The number of hydrogen-bond donors (Lipinski definition) is 3. The van der Waals surface area contributed by atoms with E-state index in [2.05, 4.69) is 26.0 Å². The van der Waals surface area contributed by atoms with Gasteiger partial charge in [-0.15, -0.1) is 0 Å². The molecule has 0 unspecified atom stereocenters. The molecular formula is C36H52N6O8. The summed E-state index contributed by atoms with van der Waals surface area (Å²) in [4.78, 5) is 72.9. The van der Waals surface area contributed by atoms with Gasteiger partial charge in [-0.1, -0.05) is 19.9 Å². The molecule has 0 radical (unpaired) electrons. The lowest BCUT2D eigenvalue weighted by molar-refractivity contribution is -0.157. The van der Waals surface area contributed by atoms with Gasteiger partial charge in [0, 0.05) is 18.1 Å². The highest BCUT2D eigenvalue weighted by Crippen LogP contribution is 2.22. The number of carbonyl (C=O) groups is 5. The predicted octanol–water partition coefficient (Wildman–Crippen LogP) is 4.53. The van der Waals surface area contributed by atoms with Crippen molar-refractivity contribution in [3.8, 4) is 0 Å². The number of nitrogens with one attached hydrogen (secondary N) is 3. The number of amides is 3. The second-order valence-corrected chi connectivity index (χ2v) is 14.7. The van der Waals surface area contributed by atoms with E-state index in [0.29, 0.717) is 36.3 Å². The Morgan fingerprint density at radius 3 is 2.32 bits per heavy atom. The molecule has 3 N–H and O–H groups in total. The average molecular weight is 697 g/mol. The van der Waals surface area contributed by atoms with Gasteiger partial charge in [-0.3, -0.25) is 29.2 Å². The van der Waals surface area contributed by atoms with Crippen LogP contribution in [0.4, 0.5) is 4.79 Å². The first-order valence-electron chi connectivity index (χ1n) is 17.0. The second-order valence-electron chi connectivity index (χ2n) is 14.7. The Morgan fingerprint density at radius 2 is 1.68 bits per heavy atom. The SMILES string of the molecule is CC(C)[C@H](NC(=O)OC(C)(C)C)C(=O)N[C@@H](C)C(=O)N1CCC[C@@H](C(=O)O[C@H](C)c2ccc3cnc(/C=C/CC(=O)OC(C)(C)C)cc3n2)N1. The molecule has 14 nitrogen and oxygen atoms in total. The fourth-order valence-electron chi connectivity index (χ4n) is 5.02. The fraction of sp³-hybridized carbons (Fsp3) is 0.583. The van der Waals surface area contributed by atoms with E-state index >= 15 is 0 Å². The number of alkyl carbamates (subject to hydrolysis) is 1. The summed E-state index contributed by atoms with van der Waals surface area (Å²) in [6.45, 7) is 17.7. The summed E-state index contributed by atoms with van der Waals surface area (Å²) < 4.78 is 16.4. The van der Waals surface area contributed by atoms with Crippen LogP contribution in [0.5, 0.6) is 0 Å². The Labute approximate surface area is 294 Å². The van der Waals surface area contributed by atoms with Gasteiger partial charge in [0.1, 0.15) is 35.4 Å². The summed E-state index contributed by atoms with van der Waals surface area (Å²) in [5, 5.41) is 7.36. The van der Waals surface area contributed by atoms with Crippen LogP contribution in [0.15, 0.2) is 30.5 Å². The summed E-state index contributed by atoms with van der Waals surface area (Å²) in [7, 11) is 0. The van der Waals surface area contributed by atoms with E-state index in [1.54, 1.807) is 78.9 Å². The highest BCUT2D eigenvalue weighted by molar-refractivity contribution is 5.91. The zero-order valence-corrected chi connectivity index (χ0v) is 30.8. The molecule has 14 heteroatoms. The van der Waals surface area contributed by atoms with Gasteiger partial charge in [-0.2, -0.15) is 0 Å². The molecule has 3 heterocycles. The van der Waals surface area contributed by atoms with E-state index < -0.39 is 59.3 Å². The number of esters is 2. The van der Waals surface area contributed by atoms with Crippen LogP contribution in [-0.2, 0) is 33.4 Å². The van der Waals surface area contributed by atoms with Gasteiger partial charge in [0.2, 0.25) is 5.91 Å². The van der Waals surface area contributed by atoms with Crippen molar-refractivity contribution >= 4 is 46.8 Å². The molecule has 0 aromatic carbocycles. The summed E-state index contributed by atoms with van der Waals surface area (Å²) >= 11 is 0. The van der Waals surface area contributed by atoms with Crippen molar-refractivity contribution in [1.29, 1.82) is 0 Å². The number of hydrogen-bond acceptors (Lipinski definition) is 11. The molecular weight excluding hydrogens is 644 g/mol. The lowest BCUT2D eigenvalue weighted by Gasteiger charge is -2.35. The third kappa shape index (κ3) is 12.4. The van der Waals surface area contributed by atoms with Gasteiger partial charge in [-0.25, -0.2) is 15.2 Å². The summed E-state index contributed by atoms with van der Waals surface area (Å²) in [6.07, 6.45) is 4.74. The minimum atomic E-state index is -0.946.